The fourth-order valence-corrected chi connectivity index (χ4v) is 3.90. The number of imidazole rings is 1. The molecule has 0 aliphatic heterocycles. The number of fused-ring (bicyclic) bond motifs is 3. The number of nitrogens with one attached hydrogen (secondary N) is 1. The molecule has 2 atom stereocenters. The molecule has 156 valence electrons. The third-order valence-corrected chi connectivity index (χ3v) is 5.72. The van der Waals surface area contributed by atoms with Crippen LogP contribution in [0.1, 0.15) is 24.1 Å². The van der Waals surface area contributed by atoms with E-state index in [1.165, 1.54) is 0 Å². The van der Waals surface area contributed by atoms with Crippen LogP contribution in [0.4, 0.5) is 10.2 Å². The molecule has 1 fully saturated rings. The summed E-state index contributed by atoms with van der Waals surface area (Å²) in [5.41, 5.74) is 5.80. The maximum atomic E-state index is 13.2. The molecule has 0 radical (unpaired) electrons. The van der Waals surface area contributed by atoms with Crippen LogP contribution >= 0.6 is 0 Å². The Kier molecular flexibility index (Phi) is 4.73. The van der Waals surface area contributed by atoms with Gasteiger partial charge in [-0.25, -0.2) is 14.4 Å². The molecule has 1 aliphatic carbocycles. The van der Waals surface area contributed by atoms with E-state index in [0.29, 0.717) is 5.82 Å². The van der Waals surface area contributed by atoms with Gasteiger partial charge in [0.05, 0.1) is 11.4 Å². The lowest BCUT2D eigenvalue weighted by Gasteiger charge is -2.12. The summed E-state index contributed by atoms with van der Waals surface area (Å²) in [6.07, 6.45) is 10.1. The Bertz CT molecular complexity index is 1330. The van der Waals surface area contributed by atoms with Crippen LogP contribution in [-0.2, 0) is 11.2 Å². The van der Waals surface area contributed by atoms with E-state index in [-0.39, 0.29) is 12.3 Å². The Morgan fingerprint density at radius 2 is 2.10 bits per heavy atom. The molecule has 5 rings (SSSR count). The van der Waals surface area contributed by atoms with Crippen molar-refractivity contribution in [2.45, 2.75) is 32.4 Å². The van der Waals surface area contributed by atoms with E-state index in [1.807, 2.05) is 28.9 Å². The van der Waals surface area contributed by atoms with E-state index in [2.05, 4.69) is 39.8 Å². The molecule has 31 heavy (non-hydrogen) atoms. The summed E-state index contributed by atoms with van der Waals surface area (Å²) in [6.45, 7) is 5.85. The monoisotopic (exact) mass is 415 g/mol. The lowest BCUT2D eigenvalue weighted by molar-refractivity contribution is -0.117. The third-order valence-electron chi connectivity index (χ3n) is 5.72. The number of aromatic nitrogens is 4. The summed E-state index contributed by atoms with van der Waals surface area (Å²) in [4.78, 5) is 25.6. The van der Waals surface area contributed by atoms with Crippen LogP contribution < -0.4 is 5.32 Å². The van der Waals surface area contributed by atoms with E-state index in [0.717, 1.165) is 51.8 Å². The summed E-state index contributed by atoms with van der Waals surface area (Å²) in [5, 5.41) is 3.63. The topological polar surface area (TPSA) is 72.2 Å². The standard InChI is InChI=1S/C24H22FN5O/c1-3-4-5-16-8-14(2)19(13-27-16)17-9-15-12-28-22(29-24(31)18-10-20(18)25)11-21(15)30-7-6-26-23(17)30/h3,6-9,11-13,18,20H,1,4-5,10H2,2H3,(H,28,29,31). The first-order valence-electron chi connectivity index (χ1n) is 10.3. The number of carbonyl (C=O) groups excluding carboxylic acids is 1. The quantitative estimate of drug-likeness (QED) is 0.465. The summed E-state index contributed by atoms with van der Waals surface area (Å²) in [7, 11) is 0. The van der Waals surface area contributed by atoms with E-state index < -0.39 is 12.1 Å². The van der Waals surface area contributed by atoms with Gasteiger partial charge in [-0.15, -0.1) is 6.58 Å². The van der Waals surface area contributed by atoms with Crippen LogP contribution in [0.5, 0.6) is 0 Å². The molecule has 0 bridgehead atoms. The van der Waals surface area contributed by atoms with E-state index >= 15 is 0 Å². The Morgan fingerprint density at radius 3 is 2.84 bits per heavy atom. The number of aryl methyl sites for hydroxylation is 2. The maximum absolute atomic E-state index is 13.2. The van der Waals surface area contributed by atoms with Gasteiger partial charge < -0.3 is 5.32 Å². The number of hydrogen-bond acceptors (Lipinski definition) is 4. The summed E-state index contributed by atoms with van der Waals surface area (Å²) in [6, 6.07) is 5.95. The third kappa shape index (κ3) is 3.56. The van der Waals surface area contributed by atoms with Crippen molar-refractivity contribution in [3.8, 4) is 11.1 Å². The Hall–Kier alpha value is -3.61. The zero-order valence-corrected chi connectivity index (χ0v) is 17.2. The number of allylic oxidation sites excluding steroid dienone is 1. The fourth-order valence-electron chi connectivity index (χ4n) is 3.90. The maximum Gasteiger partial charge on any atom is 0.231 e. The summed E-state index contributed by atoms with van der Waals surface area (Å²) >= 11 is 0. The highest BCUT2D eigenvalue weighted by Crippen LogP contribution is 2.35. The number of carbonyl (C=O) groups is 1. The van der Waals surface area contributed by atoms with Gasteiger partial charge in [0.1, 0.15) is 17.6 Å². The normalized spacial score (nSPS) is 17.7. The van der Waals surface area contributed by atoms with Crippen molar-refractivity contribution >= 4 is 28.3 Å². The SMILES string of the molecule is C=CCCc1cc(C)c(-c2cc3cnc(NC(=O)C4CC4F)cc3n3ccnc23)cn1. The van der Waals surface area contributed by atoms with E-state index in [4.69, 9.17) is 0 Å². The molecule has 4 aromatic heterocycles. The van der Waals surface area contributed by atoms with Gasteiger partial charge in [0.15, 0.2) is 0 Å². The molecule has 0 saturated heterocycles. The molecule has 2 unspecified atom stereocenters. The summed E-state index contributed by atoms with van der Waals surface area (Å²) < 4.78 is 15.1. The van der Waals surface area contributed by atoms with E-state index in [9.17, 15) is 9.18 Å². The summed E-state index contributed by atoms with van der Waals surface area (Å²) in [5.74, 6) is -0.474. The number of pyridine rings is 3. The molecule has 4 heterocycles. The lowest BCUT2D eigenvalue weighted by atomic mass is 10.0. The van der Waals surface area contributed by atoms with Crippen LogP contribution in [0.3, 0.4) is 0 Å². The van der Waals surface area contributed by atoms with Gasteiger partial charge in [-0.05, 0) is 43.9 Å². The van der Waals surface area contributed by atoms with Crippen molar-refractivity contribution in [2.75, 3.05) is 5.32 Å². The van der Waals surface area contributed by atoms with Gasteiger partial charge in [0, 0.05) is 53.1 Å². The predicted molar refractivity (Wildman–Crippen MR) is 119 cm³/mol. The van der Waals surface area contributed by atoms with Crippen LogP contribution in [-0.4, -0.2) is 31.4 Å². The molecule has 1 aliphatic rings. The molecule has 0 aromatic carbocycles. The smallest absolute Gasteiger partial charge is 0.231 e. The predicted octanol–water partition coefficient (Wildman–Crippen LogP) is 4.67. The average Bonchev–Trinajstić information content (AvgIpc) is 3.29. The first-order chi connectivity index (χ1) is 15.0. The second-order valence-electron chi connectivity index (χ2n) is 7.97. The van der Waals surface area contributed by atoms with Crippen molar-refractivity contribution in [1.29, 1.82) is 0 Å². The minimum Gasteiger partial charge on any atom is -0.310 e. The van der Waals surface area contributed by atoms with Gasteiger partial charge in [0.2, 0.25) is 5.91 Å². The Balaban J connectivity index is 1.56. The van der Waals surface area contributed by atoms with Crippen molar-refractivity contribution in [3.05, 3.63) is 66.9 Å². The van der Waals surface area contributed by atoms with Crippen molar-refractivity contribution in [1.82, 2.24) is 19.4 Å². The second-order valence-corrected chi connectivity index (χ2v) is 7.97. The number of hydrogen-bond donors (Lipinski definition) is 1. The molecule has 4 aromatic rings. The number of rotatable bonds is 6. The van der Waals surface area contributed by atoms with Gasteiger partial charge in [-0.2, -0.15) is 0 Å². The van der Waals surface area contributed by atoms with Crippen molar-refractivity contribution in [2.24, 2.45) is 5.92 Å². The Morgan fingerprint density at radius 1 is 1.26 bits per heavy atom. The number of halogens is 1. The first-order valence-corrected chi connectivity index (χ1v) is 10.3. The van der Waals surface area contributed by atoms with Crippen molar-refractivity contribution in [3.63, 3.8) is 0 Å². The van der Waals surface area contributed by atoms with E-state index in [1.54, 1.807) is 18.5 Å². The van der Waals surface area contributed by atoms with Gasteiger partial charge >= 0.3 is 0 Å². The van der Waals surface area contributed by atoms with Crippen LogP contribution in [0, 0.1) is 12.8 Å². The highest BCUT2D eigenvalue weighted by Gasteiger charge is 2.43. The van der Waals surface area contributed by atoms with Gasteiger partial charge in [-0.3, -0.25) is 14.2 Å². The average molecular weight is 415 g/mol. The molecule has 1 N–H and O–H groups in total. The molecular formula is C24H22FN5O. The molecule has 6 nitrogen and oxygen atoms in total. The molecule has 7 heteroatoms. The minimum atomic E-state index is -1.04. The van der Waals surface area contributed by atoms with Crippen LogP contribution in [0.25, 0.3) is 27.7 Å². The van der Waals surface area contributed by atoms with Gasteiger partial charge in [0.25, 0.3) is 0 Å². The van der Waals surface area contributed by atoms with Crippen molar-refractivity contribution < 1.29 is 9.18 Å². The number of alkyl halides is 1. The molecular weight excluding hydrogens is 393 g/mol. The zero-order valence-electron chi connectivity index (χ0n) is 17.2. The van der Waals surface area contributed by atoms with Gasteiger partial charge in [-0.1, -0.05) is 6.08 Å². The number of nitrogens with zero attached hydrogens (tertiary/aromatic N) is 4. The highest BCUT2D eigenvalue weighted by atomic mass is 19.1. The minimum absolute atomic E-state index is 0.286. The largest absolute Gasteiger partial charge is 0.310 e. The fraction of sp³-hybridized carbons (Fsp3) is 0.250. The molecule has 1 amide bonds. The lowest BCUT2D eigenvalue weighted by Crippen LogP contribution is -2.15. The zero-order chi connectivity index (χ0) is 21.5. The number of anilines is 1. The van der Waals surface area contributed by atoms with Crippen LogP contribution in [0.15, 0.2) is 55.6 Å². The highest BCUT2D eigenvalue weighted by molar-refractivity contribution is 5.97. The molecule has 0 spiro atoms. The second kappa shape index (κ2) is 7.58. The number of amides is 1. The Labute approximate surface area is 178 Å². The van der Waals surface area contributed by atoms with Crippen LogP contribution in [0.2, 0.25) is 0 Å². The molecule has 1 saturated carbocycles. The first kappa shape index (κ1) is 19.4.